The summed E-state index contributed by atoms with van der Waals surface area (Å²) >= 11 is 0. The molecular weight excluding hydrogens is 447 g/mol. The van der Waals surface area contributed by atoms with Gasteiger partial charge in [-0.15, -0.1) is 0 Å². The van der Waals surface area contributed by atoms with Gasteiger partial charge in [-0.25, -0.2) is 12.8 Å². The molecule has 3 aromatic rings. The first-order valence-corrected chi connectivity index (χ1v) is 11.5. The van der Waals surface area contributed by atoms with E-state index in [2.05, 4.69) is 5.32 Å². The second kappa shape index (κ2) is 9.91. The summed E-state index contributed by atoms with van der Waals surface area (Å²) in [6.45, 7) is 3.11. The molecule has 1 N–H and O–H groups in total. The van der Waals surface area contributed by atoms with Crippen LogP contribution in [-0.2, 0) is 14.8 Å². The number of halogens is 1. The number of hydrogen-bond acceptors (Lipinski definition) is 5. The Morgan fingerprint density at radius 1 is 0.970 bits per heavy atom. The maximum absolute atomic E-state index is 14.7. The molecule has 0 heterocycles. The van der Waals surface area contributed by atoms with Crippen molar-refractivity contribution < 1.29 is 27.1 Å². The SMILES string of the molecule is COc1ccc(S(=O)(=O)N(CC(=O)Nc2cccc(C)c2C)c2ccccc2F)cc1OC. The van der Waals surface area contributed by atoms with Gasteiger partial charge in [0.15, 0.2) is 11.5 Å². The Bertz CT molecular complexity index is 1280. The molecule has 0 radical (unpaired) electrons. The van der Waals surface area contributed by atoms with E-state index in [-0.39, 0.29) is 16.3 Å². The van der Waals surface area contributed by atoms with E-state index in [1.165, 1.54) is 50.6 Å². The van der Waals surface area contributed by atoms with Crippen LogP contribution in [0, 0.1) is 19.7 Å². The van der Waals surface area contributed by atoms with E-state index in [0.29, 0.717) is 11.4 Å². The molecule has 0 aromatic heterocycles. The highest BCUT2D eigenvalue weighted by molar-refractivity contribution is 7.92. The van der Waals surface area contributed by atoms with Crippen LogP contribution in [0.3, 0.4) is 0 Å². The summed E-state index contributed by atoms with van der Waals surface area (Å²) < 4.78 is 52.9. The third-order valence-electron chi connectivity index (χ3n) is 5.23. The van der Waals surface area contributed by atoms with Crippen LogP contribution in [0.15, 0.2) is 65.6 Å². The number of para-hydroxylation sites is 1. The minimum atomic E-state index is -4.34. The first-order chi connectivity index (χ1) is 15.7. The Labute approximate surface area is 192 Å². The van der Waals surface area contributed by atoms with Crippen LogP contribution in [0.2, 0.25) is 0 Å². The predicted molar refractivity (Wildman–Crippen MR) is 125 cm³/mol. The summed E-state index contributed by atoms with van der Waals surface area (Å²) in [5.74, 6) is -0.870. The predicted octanol–water partition coefficient (Wildman–Crippen LogP) is 4.29. The Hall–Kier alpha value is -3.59. The Morgan fingerprint density at radius 3 is 2.33 bits per heavy atom. The number of rotatable bonds is 8. The molecule has 3 aromatic carbocycles. The molecule has 0 aliphatic heterocycles. The molecule has 0 fully saturated rings. The zero-order chi connectivity index (χ0) is 24.2. The summed E-state index contributed by atoms with van der Waals surface area (Å²) in [5.41, 5.74) is 2.13. The average molecular weight is 473 g/mol. The van der Waals surface area contributed by atoms with Gasteiger partial charge in [-0.05, 0) is 55.3 Å². The Kier molecular flexibility index (Phi) is 7.23. The molecular formula is C24H25FN2O5S. The zero-order valence-corrected chi connectivity index (χ0v) is 19.6. The summed E-state index contributed by atoms with van der Waals surface area (Å²) in [7, 11) is -1.54. The maximum atomic E-state index is 14.7. The van der Waals surface area contributed by atoms with Crippen molar-refractivity contribution in [1.29, 1.82) is 0 Å². The number of carbonyl (C=O) groups is 1. The molecule has 0 spiro atoms. The van der Waals surface area contributed by atoms with Crippen LogP contribution in [0.1, 0.15) is 11.1 Å². The zero-order valence-electron chi connectivity index (χ0n) is 18.8. The van der Waals surface area contributed by atoms with Crippen LogP contribution in [-0.4, -0.2) is 35.1 Å². The van der Waals surface area contributed by atoms with E-state index in [0.717, 1.165) is 21.5 Å². The standard InChI is InChI=1S/C24H25FN2O5S/c1-16-8-7-10-20(17(16)2)26-24(28)15-27(21-11-6-5-9-19(21)25)33(29,30)18-12-13-22(31-3)23(14-18)32-4/h5-14H,15H2,1-4H3,(H,26,28). The van der Waals surface area contributed by atoms with Crippen LogP contribution < -0.4 is 19.1 Å². The van der Waals surface area contributed by atoms with Crippen LogP contribution >= 0.6 is 0 Å². The minimum Gasteiger partial charge on any atom is -0.493 e. The fourth-order valence-corrected chi connectivity index (χ4v) is 4.71. The number of amides is 1. The van der Waals surface area contributed by atoms with Crippen molar-refractivity contribution >= 4 is 27.3 Å². The smallest absolute Gasteiger partial charge is 0.265 e. The first-order valence-electron chi connectivity index (χ1n) is 10.0. The number of nitrogens with one attached hydrogen (secondary N) is 1. The lowest BCUT2D eigenvalue weighted by Gasteiger charge is -2.25. The fraction of sp³-hybridized carbons (Fsp3) is 0.208. The van der Waals surface area contributed by atoms with Gasteiger partial charge in [0.2, 0.25) is 5.91 Å². The minimum absolute atomic E-state index is 0.178. The number of hydrogen-bond donors (Lipinski definition) is 1. The van der Waals surface area contributed by atoms with Gasteiger partial charge >= 0.3 is 0 Å². The van der Waals surface area contributed by atoms with Crippen molar-refractivity contribution in [3.8, 4) is 11.5 Å². The average Bonchev–Trinajstić information content (AvgIpc) is 2.80. The number of anilines is 2. The number of carbonyl (C=O) groups excluding carboxylic acids is 1. The highest BCUT2D eigenvalue weighted by Gasteiger charge is 2.30. The molecule has 0 aliphatic carbocycles. The van der Waals surface area contributed by atoms with Gasteiger partial charge in [-0.3, -0.25) is 9.10 Å². The number of benzene rings is 3. The number of methoxy groups -OCH3 is 2. The summed E-state index contributed by atoms with van der Waals surface area (Å²) in [5, 5.41) is 2.72. The number of ether oxygens (including phenoxy) is 2. The van der Waals surface area contributed by atoms with Crippen molar-refractivity contribution in [1.82, 2.24) is 0 Å². The van der Waals surface area contributed by atoms with E-state index in [1.54, 1.807) is 12.1 Å². The van der Waals surface area contributed by atoms with Gasteiger partial charge < -0.3 is 14.8 Å². The van der Waals surface area contributed by atoms with Crippen molar-refractivity contribution in [2.45, 2.75) is 18.7 Å². The van der Waals surface area contributed by atoms with Gasteiger partial charge in [0.05, 0.1) is 24.8 Å². The number of nitrogens with zero attached hydrogens (tertiary/aromatic N) is 1. The van der Waals surface area contributed by atoms with E-state index in [1.807, 2.05) is 19.9 Å². The van der Waals surface area contributed by atoms with Crippen molar-refractivity contribution in [3.63, 3.8) is 0 Å². The molecule has 9 heteroatoms. The lowest BCUT2D eigenvalue weighted by molar-refractivity contribution is -0.114. The third kappa shape index (κ3) is 5.09. The molecule has 0 bridgehead atoms. The number of sulfonamides is 1. The molecule has 3 rings (SSSR count). The molecule has 33 heavy (non-hydrogen) atoms. The Morgan fingerprint density at radius 2 is 1.67 bits per heavy atom. The van der Waals surface area contributed by atoms with Crippen LogP contribution in [0.5, 0.6) is 11.5 Å². The van der Waals surface area contributed by atoms with E-state index in [4.69, 9.17) is 9.47 Å². The second-order valence-electron chi connectivity index (χ2n) is 7.28. The molecule has 7 nitrogen and oxygen atoms in total. The topological polar surface area (TPSA) is 84.9 Å². The van der Waals surface area contributed by atoms with E-state index in [9.17, 15) is 17.6 Å². The van der Waals surface area contributed by atoms with Crippen LogP contribution in [0.25, 0.3) is 0 Å². The van der Waals surface area contributed by atoms with E-state index >= 15 is 0 Å². The lowest BCUT2D eigenvalue weighted by Crippen LogP contribution is -2.38. The molecule has 0 aliphatic rings. The monoisotopic (exact) mass is 472 g/mol. The Balaban J connectivity index is 2.02. The summed E-state index contributed by atoms with van der Waals surface area (Å²) in [6.07, 6.45) is 0. The second-order valence-corrected chi connectivity index (χ2v) is 9.14. The van der Waals surface area contributed by atoms with Crippen molar-refractivity contribution in [2.24, 2.45) is 0 Å². The third-order valence-corrected chi connectivity index (χ3v) is 6.99. The first kappa shape index (κ1) is 24.1. The molecule has 0 atom stereocenters. The van der Waals surface area contributed by atoms with Gasteiger partial charge in [-0.2, -0.15) is 0 Å². The van der Waals surface area contributed by atoms with Gasteiger partial charge in [0.25, 0.3) is 10.0 Å². The molecule has 1 amide bonds. The molecule has 174 valence electrons. The summed E-state index contributed by atoms with van der Waals surface area (Å²) in [6, 6.07) is 14.8. The quantitative estimate of drug-likeness (QED) is 0.529. The lowest BCUT2D eigenvalue weighted by atomic mass is 10.1. The van der Waals surface area contributed by atoms with Gasteiger partial charge in [-0.1, -0.05) is 24.3 Å². The van der Waals surface area contributed by atoms with Gasteiger partial charge in [0.1, 0.15) is 12.4 Å². The van der Waals surface area contributed by atoms with Gasteiger partial charge in [0, 0.05) is 11.8 Å². The van der Waals surface area contributed by atoms with E-state index < -0.39 is 28.3 Å². The van der Waals surface area contributed by atoms with Crippen molar-refractivity contribution in [2.75, 3.05) is 30.4 Å². The highest BCUT2D eigenvalue weighted by atomic mass is 32.2. The molecule has 0 unspecified atom stereocenters. The molecule has 0 saturated carbocycles. The maximum Gasteiger partial charge on any atom is 0.265 e. The largest absolute Gasteiger partial charge is 0.493 e. The number of aryl methyl sites for hydroxylation is 1. The van der Waals surface area contributed by atoms with Crippen LogP contribution in [0.4, 0.5) is 15.8 Å². The highest BCUT2D eigenvalue weighted by Crippen LogP contribution is 2.33. The fourth-order valence-electron chi connectivity index (χ4n) is 3.26. The van der Waals surface area contributed by atoms with Crippen molar-refractivity contribution in [3.05, 3.63) is 77.6 Å². The normalized spacial score (nSPS) is 11.1. The summed E-state index contributed by atoms with van der Waals surface area (Å²) in [4.78, 5) is 12.7. The molecule has 0 saturated heterocycles.